The number of aromatic nitrogens is 2. The van der Waals surface area contributed by atoms with Crippen LogP contribution in [-0.2, 0) is 13.1 Å². The summed E-state index contributed by atoms with van der Waals surface area (Å²) in [5, 5.41) is 8.21. The average molecular weight is 344 g/mol. The summed E-state index contributed by atoms with van der Waals surface area (Å²) in [5.41, 5.74) is 6.41. The predicted molar refractivity (Wildman–Crippen MR) is 105 cm³/mol. The average Bonchev–Trinajstić information content (AvgIpc) is 2.61. The molecular weight excluding hydrogens is 320 g/mol. The van der Waals surface area contributed by atoms with Gasteiger partial charge in [0.15, 0.2) is 5.49 Å². The Balaban J connectivity index is 1.76. The van der Waals surface area contributed by atoms with Crippen molar-refractivity contribution in [2.45, 2.75) is 33.4 Å². The summed E-state index contributed by atoms with van der Waals surface area (Å²) in [5.74, 6) is 0.904. The maximum absolute atomic E-state index is 8.21. The molecule has 3 aromatic rings. The molecule has 0 bridgehead atoms. The minimum atomic E-state index is 0.322. The molecule has 0 unspecified atom stereocenters. The van der Waals surface area contributed by atoms with Crippen LogP contribution in [0.2, 0.25) is 0 Å². The number of nitrogens with zero attached hydrogens (tertiary/aromatic N) is 3. The molecule has 2 heterocycles. The Morgan fingerprint density at radius 1 is 0.962 bits per heavy atom. The van der Waals surface area contributed by atoms with Gasteiger partial charge in [0.25, 0.3) is 0 Å². The minimum absolute atomic E-state index is 0.322. The fourth-order valence-electron chi connectivity index (χ4n) is 3.88. The second-order valence-corrected chi connectivity index (χ2v) is 7.12. The van der Waals surface area contributed by atoms with Gasteiger partial charge >= 0.3 is 0 Å². The summed E-state index contributed by atoms with van der Waals surface area (Å²) in [4.78, 5) is 6.89. The van der Waals surface area contributed by atoms with Crippen LogP contribution in [0.15, 0.2) is 54.6 Å². The fourth-order valence-corrected chi connectivity index (χ4v) is 3.88. The molecule has 0 amide bonds. The third-order valence-corrected chi connectivity index (χ3v) is 4.84. The fraction of sp³-hybridized carbons (Fsp3) is 0.273. The summed E-state index contributed by atoms with van der Waals surface area (Å²) in [6.45, 7) is 7.02. The van der Waals surface area contributed by atoms with Crippen LogP contribution in [0.1, 0.15) is 23.1 Å². The number of hydrogen-bond donors (Lipinski definition) is 1. The monoisotopic (exact) mass is 344 g/mol. The first kappa shape index (κ1) is 16.6. The van der Waals surface area contributed by atoms with Gasteiger partial charge in [0.1, 0.15) is 0 Å². The van der Waals surface area contributed by atoms with E-state index in [0.717, 1.165) is 43.3 Å². The third-order valence-electron chi connectivity index (χ3n) is 4.84. The van der Waals surface area contributed by atoms with Gasteiger partial charge in [-0.25, -0.2) is 0 Å². The van der Waals surface area contributed by atoms with E-state index >= 15 is 0 Å². The molecule has 1 aromatic heterocycles. The Morgan fingerprint density at radius 3 is 2.42 bits per heavy atom. The standard InChI is InChI=1S/C22H24N4/c1-16-11-17(2)13-18(12-16)15-25-9-6-10-26-20(14-21(23)24-22(25)26)19-7-4-3-5-8-19/h3-5,7-8,11-14,23H,6,9-10,15H2,1-2H3. The number of aryl methyl sites for hydroxylation is 2. The van der Waals surface area contributed by atoms with E-state index in [1.54, 1.807) is 0 Å². The predicted octanol–water partition coefficient (Wildman–Crippen LogP) is 4.06. The molecule has 0 saturated carbocycles. The van der Waals surface area contributed by atoms with Crippen LogP contribution in [0.5, 0.6) is 0 Å². The molecule has 4 heteroatoms. The lowest BCUT2D eigenvalue weighted by Gasteiger charge is -2.33. The van der Waals surface area contributed by atoms with Gasteiger partial charge < -0.3 is 9.47 Å². The highest BCUT2D eigenvalue weighted by Gasteiger charge is 2.21. The Kier molecular flexibility index (Phi) is 4.33. The molecule has 1 aliphatic rings. The highest BCUT2D eigenvalue weighted by Crippen LogP contribution is 2.27. The largest absolute Gasteiger partial charge is 0.338 e. The quantitative estimate of drug-likeness (QED) is 0.779. The van der Waals surface area contributed by atoms with Crippen LogP contribution in [-0.4, -0.2) is 16.1 Å². The highest BCUT2D eigenvalue weighted by atomic mass is 15.3. The van der Waals surface area contributed by atoms with Crippen molar-refractivity contribution in [3.63, 3.8) is 0 Å². The molecule has 0 fully saturated rings. The lowest BCUT2D eigenvalue weighted by molar-refractivity contribution is 0.542. The molecule has 2 aromatic carbocycles. The highest BCUT2D eigenvalue weighted by molar-refractivity contribution is 5.61. The molecule has 0 radical (unpaired) electrons. The first-order valence-electron chi connectivity index (χ1n) is 9.14. The van der Waals surface area contributed by atoms with E-state index in [0.29, 0.717) is 5.49 Å². The van der Waals surface area contributed by atoms with Crippen molar-refractivity contribution in [2.75, 3.05) is 11.4 Å². The number of fused-ring (bicyclic) bond motifs is 1. The molecule has 26 heavy (non-hydrogen) atoms. The van der Waals surface area contributed by atoms with Crippen LogP contribution in [0, 0.1) is 19.3 Å². The van der Waals surface area contributed by atoms with E-state index in [1.165, 1.54) is 16.7 Å². The van der Waals surface area contributed by atoms with Crippen LogP contribution in [0.4, 0.5) is 5.95 Å². The molecule has 1 N–H and O–H groups in total. The second-order valence-electron chi connectivity index (χ2n) is 7.12. The van der Waals surface area contributed by atoms with Crippen LogP contribution >= 0.6 is 0 Å². The van der Waals surface area contributed by atoms with E-state index in [-0.39, 0.29) is 0 Å². The summed E-state index contributed by atoms with van der Waals surface area (Å²) < 4.78 is 2.26. The van der Waals surface area contributed by atoms with Gasteiger partial charge in [-0.15, -0.1) is 0 Å². The number of rotatable bonds is 3. The SMILES string of the molecule is Cc1cc(C)cc(CN2CCCn3c(-c4ccccc4)cc(=N)nc32)c1. The van der Waals surface area contributed by atoms with Gasteiger partial charge in [0.05, 0.1) is 5.69 Å². The van der Waals surface area contributed by atoms with E-state index in [2.05, 4.69) is 58.6 Å². The summed E-state index contributed by atoms with van der Waals surface area (Å²) >= 11 is 0. The lowest BCUT2D eigenvalue weighted by Crippen LogP contribution is -2.36. The maximum atomic E-state index is 8.21. The normalized spacial score (nSPS) is 13.5. The van der Waals surface area contributed by atoms with Gasteiger partial charge in [0.2, 0.25) is 5.95 Å². The molecular formula is C22H24N4. The Labute approximate surface area is 154 Å². The molecule has 1 aliphatic heterocycles. The third kappa shape index (κ3) is 3.27. The molecule has 132 valence electrons. The Morgan fingerprint density at radius 2 is 1.69 bits per heavy atom. The van der Waals surface area contributed by atoms with Gasteiger partial charge in [-0.1, -0.05) is 59.7 Å². The summed E-state index contributed by atoms with van der Waals surface area (Å²) in [6, 6.07) is 18.9. The van der Waals surface area contributed by atoms with Gasteiger partial charge in [-0.2, -0.15) is 4.98 Å². The number of anilines is 1. The molecule has 4 rings (SSSR count). The lowest BCUT2D eigenvalue weighted by atomic mass is 10.1. The molecule has 0 saturated heterocycles. The Bertz CT molecular complexity index is 969. The van der Waals surface area contributed by atoms with E-state index in [4.69, 9.17) is 5.41 Å². The topological polar surface area (TPSA) is 44.9 Å². The second kappa shape index (κ2) is 6.79. The Hall–Kier alpha value is -2.88. The van der Waals surface area contributed by atoms with Crippen molar-refractivity contribution in [1.82, 2.24) is 9.55 Å². The van der Waals surface area contributed by atoms with Crippen LogP contribution < -0.4 is 10.4 Å². The first-order chi connectivity index (χ1) is 12.6. The van der Waals surface area contributed by atoms with Crippen molar-refractivity contribution < 1.29 is 0 Å². The number of nitrogens with one attached hydrogen (secondary N) is 1. The van der Waals surface area contributed by atoms with Crippen molar-refractivity contribution in [1.29, 1.82) is 5.41 Å². The smallest absolute Gasteiger partial charge is 0.208 e. The van der Waals surface area contributed by atoms with E-state index < -0.39 is 0 Å². The molecule has 0 spiro atoms. The van der Waals surface area contributed by atoms with Crippen molar-refractivity contribution in [3.05, 3.63) is 76.8 Å². The molecule has 4 nitrogen and oxygen atoms in total. The number of hydrogen-bond acceptors (Lipinski definition) is 3. The van der Waals surface area contributed by atoms with Crippen LogP contribution in [0.3, 0.4) is 0 Å². The van der Waals surface area contributed by atoms with Gasteiger partial charge in [-0.05, 0) is 31.4 Å². The first-order valence-corrected chi connectivity index (χ1v) is 9.14. The van der Waals surface area contributed by atoms with Gasteiger partial charge in [-0.3, -0.25) is 5.41 Å². The molecule has 0 atom stereocenters. The summed E-state index contributed by atoms with van der Waals surface area (Å²) in [7, 11) is 0. The van der Waals surface area contributed by atoms with E-state index in [9.17, 15) is 0 Å². The molecule has 0 aliphatic carbocycles. The number of benzene rings is 2. The maximum Gasteiger partial charge on any atom is 0.208 e. The van der Waals surface area contributed by atoms with Crippen molar-refractivity contribution >= 4 is 5.95 Å². The van der Waals surface area contributed by atoms with Crippen molar-refractivity contribution in [3.8, 4) is 11.3 Å². The minimum Gasteiger partial charge on any atom is -0.338 e. The summed E-state index contributed by atoms with van der Waals surface area (Å²) in [6.07, 6.45) is 1.08. The zero-order valence-electron chi connectivity index (χ0n) is 15.4. The van der Waals surface area contributed by atoms with Crippen LogP contribution in [0.25, 0.3) is 11.3 Å². The zero-order chi connectivity index (χ0) is 18.1. The van der Waals surface area contributed by atoms with E-state index in [1.807, 2.05) is 24.3 Å². The van der Waals surface area contributed by atoms with Crippen molar-refractivity contribution in [2.24, 2.45) is 0 Å². The van der Waals surface area contributed by atoms with Gasteiger partial charge in [0, 0.05) is 25.7 Å². The zero-order valence-corrected chi connectivity index (χ0v) is 15.4.